The summed E-state index contributed by atoms with van der Waals surface area (Å²) in [6.45, 7) is 2.01. The second-order valence-electron chi connectivity index (χ2n) is 7.23. The molecule has 7 nitrogen and oxygen atoms in total. The van der Waals surface area contributed by atoms with E-state index in [0.717, 1.165) is 34.9 Å². The molecule has 0 atom stereocenters. The van der Waals surface area contributed by atoms with Crippen LogP contribution in [0.15, 0.2) is 71.5 Å². The maximum absolute atomic E-state index is 14.1. The Bertz CT molecular complexity index is 1340. The van der Waals surface area contributed by atoms with Gasteiger partial charge in [-0.05, 0) is 58.7 Å². The molecule has 162 valence electrons. The number of anilines is 1. The van der Waals surface area contributed by atoms with E-state index in [2.05, 4.69) is 10.4 Å². The van der Waals surface area contributed by atoms with E-state index >= 15 is 0 Å². The number of aromatic nitrogens is 4. The van der Waals surface area contributed by atoms with Crippen molar-refractivity contribution in [3.8, 4) is 5.69 Å². The zero-order chi connectivity index (χ0) is 22.8. The van der Waals surface area contributed by atoms with Crippen molar-refractivity contribution in [2.75, 3.05) is 11.9 Å². The number of benzene rings is 3. The first-order chi connectivity index (χ1) is 15.4. The molecule has 4 aromatic rings. The third-order valence-corrected chi connectivity index (χ3v) is 5.19. The quantitative estimate of drug-likeness (QED) is 0.458. The zero-order valence-electron chi connectivity index (χ0n) is 17.4. The molecule has 9 heteroatoms. The van der Waals surface area contributed by atoms with Gasteiger partial charge >= 0.3 is 11.7 Å². The van der Waals surface area contributed by atoms with Gasteiger partial charge in [-0.3, -0.25) is 4.90 Å². The molecule has 0 unspecified atom stereocenters. The predicted octanol–water partition coefficient (Wildman–Crippen LogP) is 3.71. The predicted molar refractivity (Wildman–Crippen MR) is 115 cm³/mol. The van der Waals surface area contributed by atoms with Gasteiger partial charge in [-0.1, -0.05) is 48.5 Å². The van der Waals surface area contributed by atoms with Gasteiger partial charge in [0.05, 0.1) is 0 Å². The number of para-hydroxylation sites is 2. The number of carbonyl (C=O) groups excluding carboxylic acids is 1. The summed E-state index contributed by atoms with van der Waals surface area (Å²) < 4.78 is 29.0. The largest absolute Gasteiger partial charge is 0.377 e. The van der Waals surface area contributed by atoms with E-state index in [0.29, 0.717) is 21.5 Å². The lowest BCUT2D eigenvalue weighted by Crippen LogP contribution is -2.39. The maximum atomic E-state index is 14.1. The SMILES string of the molecule is Cc1ccccc1Cc1ccccc1N(C)C(=O)n1nnn(-c2c(F)cccc2F)c1=O. The highest BCUT2D eigenvalue weighted by atomic mass is 19.1. The van der Waals surface area contributed by atoms with Crippen molar-refractivity contribution in [1.29, 1.82) is 0 Å². The number of rotatable bonds is 4. The Hall–Kier alpha value is -4.14. The van der Waals surface area contributed by atoms with Crippen LogP contribution in [0.25, 0.3) is 5.69 Å². The average molecular weight is 435 g/mol. The van der Waals surface area contributed by atoms with E-state index in [1.165, 1.54) is 11.9 Å². The second-order valence-corrected chi connectivity index (χ2v) is 7.23. The standard InChI is InChI=1S/C23H19F2N5O2/c1-15-8-3-4-9-16(15)14-17-10-5-6-13-20(17)28(2)22(31)30-23(32)29(26-27-30)21-18(24)11-7-12-19(21)25/h3-13H,14H2,1-2H3. The molecular formula is C23H19F2N5O2. The first kappa shape index (κ1) is 21.1. The van der Waals surface area contributed by atoms with Gasteiger partial charge in [-0.25, -0.2) is 18.4 Å². The Morgan fingerprint density at radius 3 is 2.22 bits per heavy atom. The van der Waals surface area contributed by atoms with Crippen molar-refractivity contribution in [1.82, 2.24) is 19.8 Å². The van der Waals surface area contributed by atoms with Crippen LogP contribution >= 0.6 is 0 Å². The molecule has 0 aliphatic rings. The molecule has 1 aromatic heterocycles. The minimum atomic E-state index is -1.08. The topological polar surface area (TPSA) is 73.0 Å². The summed E-state index contributed by atoms with van der Waals surface area (Å²) in [4.78, 5) is 27.0. The number of amides is 1. The van der Waals surface area contributed by atoms with E-state index in [9.17, 15) is 18.4 Å². The molecule has 0 spiro atoms. The van der Waals surface area contributed by atoms with Crippen LogP contribution in [0.5, 0.6) is 0 Å². The summed E-state index contributed by atoms with van der Waals surface area (Å²) in [5.41, 5.74) is 1.86. The van der Waals surface area contributed by atoms with Crippen LogP contribution in [0.3, 0.4) is 0 Å². The van der Waals surface area contributed by atoms with Crippen LogP contribution in [-0.4, -0.2) is 32.9 Å². The first-order valence-corrected chi connectivity index (χ1v) is 9.78. The molecule has 32 heavy (non-hydrogen) atoms. The summed E-state index contributed by atoms with van der Waals surface area (Å²) >= 11 is 0. The normalized spacial score (nSPS) is 10.9. The lowest BCUT2D eigenvalue weighted by molar-refractivity contribution is 0.245. The first-order valence-electron chi connectivity index (χ1n) is 9.78. The van der Waals surface area contributed by atoms with E-state index in [1.807, 2.05) is 43.3 Å². The van der Waals surface area contributed by atoms with Gasteiger partial charge in [-0.15, -0.1) is 4.68 Å². The fraction of sp³-hybridized carbons (Fsp3) is 0.130. The van der Waals surface area contributed by atoms with Gasteiger partial charge in [0.1, 0.15) is 5.69 Å². The van der Waals surface area contributed by atoms with Gasteiger partial charge in [-0.2, -0.15) is 4.68 Å². The Kier molecular flexibility index (Phi) is 5.63. The third-order valence-electron chi connectivity index (χ3n) is 5.19. The van der Waals surface area contributed by atoms with Gasteiger partial charge in [0, 0.05) is 12.7 Å². The van der Waals surface area contributed by atoms with E-state index in [1.54, 1.807) is 12.1 Å². The van der Waals surface area contributed by atoms with Crippen LogP contribution < -0.4 is 10.6 Å². The molecule has 0 saturated carbocycles. The molecule has 0 N–H and O–H groups in total. The molecule has 0 aliphatic heterocycles. The van der Waals surface area contributed by atoms with E-state index in [4.69, 9.17) is 0 Å². The lowest BCUT2D eigenvalue weighted by atomic mass is 9.99. The molecule has 0 fully saturated rings. The smallest absolute Gasteiger partial charge is 0.295 e. The number of aryl methyl sites for hydroxylation is 1. The highest BCUT2D eigenvalue weighted by molar-refractivity contribution is 5.93. The molecule has 1 amide bonds. The summed E-state index contributed by atoms with van der Waals surface area (Å²) in [6.07, 6.45) is 0.572. The zero-order valence-corrected chi connectivity index (χ0v) is 17.4. The summed E-state index contributed by atoms with van der Waals surface area (Å²) in [7, 11) is 1.49. The number of carbonyl (C=O) groups is 1. The molecule has 0 bridgehead atoms. The van der Waals surface area contributed by atoms with Crippen LogP contribution in [-0.2, 0) is 6.42 Å². The molecular weight excluding hydrogens is 416 g/mol. The van der Waals surface area contributed by atoms with Gasteiger partial charge in [0.25, 0.3) is 0 Å². The number of hydrogen-bond acceptors (Lipinski definition) is 4. The molecule has 0 aliphatic carbocycles. The fourth-order valence-corrected chi connectivity index (χ4v) is 3.44. The van der Waals surface area contributed by atoms with Crippen molar-refractivity contribution >= 4 is 11.7 Å². The summed E-state index contributed by atoms with van der Waals surface area (Å²) in [6, 6.07) is 17.5. The van der Waals surface area contributed by atoms with Crippen molar-refractivity contribution in [3.05, 3.63) is 106 Å². The monoisotopic (exact) mass is 435 g/mol. The van der Waals surface area contributed by atoms with Crippen LogP contribution in [0.1, 0.15) is 16.7 Å². The minimum Gasteiger partial charge on any atom is -0.295 e. The Morgan fingerprint density at radius 2 is 1.53 bits per heavy atom. The van der Waals surface area contributed by atoms with Crippen LogP contribution in [0.4, 0.5) is 19.3 Å². The van der Waals surface area contributed by atoms with Gasteiger partial charge in [0.15, 0.2) is 11.6 Å². The van der Waals surface area contributed by atoms with Crippen molar-refractivity contribution in [2.45, 2.75) is 13.3 Å². The molecule has 0 saturated heterocycles. The average Bonchev–Trinajstić information content (AvgIpc) is 3.15. The highest BCUT2D eigenvalue weighted by Gasteiger charge is 2.24. The van der Waals surface area contributed by atoms with Crippen molar-refractivity contribution < 1.29 is 13.6 Å². The van der Waals surface area contributed by atoms with Crippen molar-refractivity contribution in [3.63, 3.8) is 0 Å². The van der Waals surface area contributed by atoms with Gasteiger partial charge in [0.2, 0.25) is 0 Å². The van der Waals surface area contributed by atoms with E-state index in [-0.39, 0.29) is 0 Å². The Labute approximate surface area is 182 Å². The van der Waals surface area contributed by atoms with Crippen LogP contribution in [0, 0.1) is 18.6 Å². The molecule has 1 heterocycles. The third kappa shape index (κ3) is 3.80. The number of hydrogen-bond donors (Lipinski definition) is 0. The highest BCUT2D eigenvalue weighted by Crippen LogP contribution is 2.24. The van der Waals surface area contributed by atoms with E-state index < -0.39 is 29.0 Å². The molecule has 3 aromatic carbocycles. The van der Waals surface area contributed by atoms with Crippen molar-refractivity contribution in [2.24, 2.45) is 0 Å². The number of nitrogens with zero attached hydrogens (tertiary/aromatic N) is 5. The lowest BCUT2D eigenvalue weighted by Gasteiger charge is -2.20. The summed E-state index contributed by atoms with van der Waals surface area (Å²) in [5.74, 6) is -1.99. The minimum absolute atomic E-state index is 0.426. The molecule has 0 radical (unpaired) electrons. The van der Waals surface area contributed by atoms with Crippen LogP contribution in [0.2, 0.25) is 0 Å². The Balaban J connectivity index is 1.68. The number of halogens is 2. The van der Waals surface area contributed by atoms with Gasteiger partial charge < -0.3 is 0 Å². The maximum Gasteiger partial charge on any atom is 0.377 e. The number of tetrazole rings is 1. The Morgan fingerprint density at radius 1 is 0.906 bits per heavy atom. The summed E-state index contributed by atoms with van der Waals surface area (Å²) in [5, 5.41) is 7.04. The molecule has 4 rings (SSSR count). The second kappa shape index (κ2) is 8.54. The fourth-order valence-electron chi connectivity index (χ4n) is 3.44.